The second-order valence-corrected chi connectivity index (χ2v) is 5.63. The van der Waals surface area contributed by atoms with E-state index in [1.54, 1.807) is 0 Å². The Morgan fingerprint density at radius 3 is 2.94 bits per heavy atom. The van der Waals surface area contributed by atoms with Gasteiger partial charge in [0.05, 0.1) is 0 Å². The summed E-state index contributed by atoms with van der Waals surface area (Å²) < 4.78 is 1.42. The molecule has 2 heteroatoms. The van der Waals surface area contributed by atoms with Gasteiger partial charge in [-0.15, -0.1) is 11.3 Å². The van der Waals surface area contributed by atoms with E-state index in [0.717, 1.165) is 6.04 Å². The Morgan fingerprint density at radius 1 is 1.31 bits per heavy atom. The number of thiophene rings is 1. The maximum Gasteiger partial charge on any atom is 0.0345 e. The lowest BCUT2D eigenvalue weighted by Crippen LogP contribution is -2.23. The second-order valence-electron chi connectivity index (χ2n) is 4.72. The molecule has 0 N–H and O–H groups in total. The minimum Gasteiger partial charge on any atom is -0.303 e. The smallest absolute Gasteiger partial charge is 0.0345 e. The lowest BCUT2D eigenvalue weighted by Gasteiger charge is -2.14. The van der Waals surface area contributed by atoms with Crippen LogP contribution >= 0.6 is 11.3 Å². The largest absolute Gasteiger partial charge is 0.303 e. The minimum absolute atomic E-state index is 0.880. The zero-order valence-corrected chi connectivity index (χ0v) is 10.5. The molecule has 1 nitrogen and oxygen atoms in total. The maximum absolute atomic E-state index is 2.51. The summed E-state index contributed by atoms with van der Waals surface area (Å²) in [6.07, 6.45) is 4.00. The van der Waals surface area contributed by atoms with Crippen LogP contribution in [0.1, 0.15) is 18.4 Å². The molecule has 1 aromatic heterocycles. The van der Waals surface area contributed by atoms with Gasteiger partial charge in [0.15, 0.2) is 0 Å². The lowest BCUT2D eigenvalue weighted by molar-refractivity contribution is 0.329. The highest BCUT2D eigenvalue weighted by atomic mass is 32.1. The summed E-state index contributed by atoms with van der Waals surface area (Å²) in [7, 11) is 2.26. The fraction of sp³-hybridized carbons (Fsp3) is 0.429. The van der Waals surface area contributed by atoms with Gasteiger partial charge in [0.2, 0.25) is 0 Å². The van der Waals surface area contributed by atoms with Crippen molar-refractivity contribution in [2.75, 3.05) is 13.6 Å². The van der Waals surface area contributed by atoms with E-state index in [2.05, 4.69) is 41.6 Å². The molecule has 0 saturated heterocycles. The zero-order chi connectivity index (χ0) is 11.0. The first-order chi connectivity index (χ1) is 7.84. The first-order valence-electron chi connectivity index (χ1n) is 6.00. The number of benzene rings is 1. The van der Waals surface area contributed by atoms with E-state index >= 15 is 0 Å². The highest BCUT2D eigenvalue weighted by molar-refractivity contribution is 7.17. The van der Waals surface area contributed by atoms with Crippen molar-refractivity contribution >= 4 is 21.4 Å². The van der Waals surface area contributed by atoms with Crippen LogP contribution in [-0.4, -0.2) is 24.5 Å². The summed E-state index contributed by atoms with van der Waals surface area (Å²) in [6, 6.07) is 9.61. The molecule has 1 aliphatic carbocycles. The van der Waals surface area contributed by atoms with Crippen LogP contribution in [0, 0.1) is 0 Å². The summed E-state index contributed by atoms with van der Waals surface area (Å²) in [5.41, 5.74) is 1.52. The molecule has 1 saturated carbocycles. The molecule has 0 radical (unpaired) electrons. The molecule has 0 unspecified atom stereocenters. The molecule has 1 fully saturated rings. The second kappa shape index (κ2) is 4.19. The van der Waals surface area contributed by atoms with Crippen LogP contribution in [0.4, 0.5) is 0 Å². The topological polar surface area (TPSA) is 3.24 Å². The van der Waals surface area contributed by atoms with Crippen molar-refractivity contribution < 1.29 is 0 Å². The molecule has 0 aliphatic heterocycles. The molecule has 16 heavy (non-hydrogen) atoms. The van der Waals surface area contributed by atoms with Gasteiger partial charge in [-0.3, -0.25) is 0 Å². The maximum atomic E-state index is 2.51. The molecular weight excluding hydrogens is 214 g/mol. The van der Waals surface area contributed by atoms with Gasteiger partial charge in [-0.05, 0) is 48.7 Å². The van der Waals surface area contributed by atoms with Gasteiger partial charge in [-0.2, -0.15) is 0 Å². The van der Waals surface area contributed by atoms with Gasteiger partial charge in [0.25, 0.3) is 0 Å². The standard InChI is InChI=1S/C14H17NS/c1-15(12-6-7-12)9-8-11-10-16-14-5-3-2-4-13(11)14/h2-5,10,12H,6-9H2,1H3. The first-order valence-corrected chi connectivity index (χ1v) is 6.88. The average molecular weight is 231 g/mol. The summed E-state index contributed by atoms with van der Waals surface area (Å²) in [5, 5.41) is 3.78. The van der Waals surface area contributed by atoms with Gasteiger partial charge in [0.1, 0.15) is 0 Å². The van der Waals surface area contributed by atoms with Crippen LogP contribution < -0.4 is 0 Å². The van der Waals surface area contributed by atoms with Crippen molar-refractivity contribution in [1.29, 1.82) is 0 Å². The van der Waals surface area contributed by atoms with Gasteiger partial charge in [-0.1, -0.05) is 18.2 Å². The molecular formula is C14H17NS. The number of hydrogen-bond acceptors (Lipinski definition) is 2. The molecule has 84 valence electrons. The van der Waals surface area contributed by atoms with Crippen molar-refractivity contribution in [3.05, 3.63) is 35.2 Å². The van der Waals surface area contributed by atoms with Crippen LogP contribution in [0.2, 0.25) is 0 Å². The van der Waals surface area contributed by atoms with Crippen molar-refractivity contribution in [3.8, 4) is 0 Å². The Kier molecular flexibility index (Phi) is 2.70. The third-order valence-corrected chi connectivity index (χ3v) is 4.48. The number of fused-ring (bicyclic) bond motifs is 1. The van der Waals surface area contributed by atoms with Gasteiger partial charge < -0.3 is 4.90 Å². The predicted molar refractivity (Wildman–Crippen MR) is 71.2 cm³/mol. The quantitative estimate of drug-likeness (QED) is 0.778. The molecule has 1 aromatic carbocycles. The zero-order valence-electron chi connectivity index (χ0n) is 9.65. The van der Waals surface area contributed by atoms with Crippen LogP contribution in [0.5, 0.6) is 0 Å². The Balaban J connectivity index is 1.73. The first kappa shape index (κ1) is 10.3. The Morgan fingerprint density at radius 2 is 2.12 bits per heavy atom. The summed E-state index contributed by atoms with van der Waals surface area (Å²) in [4.78, 5) is 2.51. The molecule has 1 aliphatic rings. The molecule has 0 amide bonds. The average Bonchev–Trinajstić information content (AvgIpc) is 3.08. The molecule has 3 rings (SSSR count). The Hall–Kier alpha value is -0.860. The van der Waals surface area contributed by atoms with E-state index in [0.29, 0.717) is 0 Å². The van der Waals surface area contributed by atoms with Crippen molar-refractivity contribution in [3.63, 3.8) is 0 Å². The van der Waals surface area contributed by atoms with E-state index in [9.17, 15) is 0 Å². The molecule has 1 heterocycles. The number of likely N-dealkylation sites (N-methyl/N-ethyl adjacent to an activating group) is 1. The molecule has 0 spiro atoms. The van der Waals surface area contributed by atoms with E-state index in [1.807, 2.05) is 11.3 Å². The highest BCUT2D eigenvalue weighted by Gasteiger charge is 2.25. The number of hydrogen-bond donors (Lipinski definition) is 0. The van der Waals surface area contributed by atoms with E-state index in [4.69, 9.17) is 0 Å². The summed E-state index contributed by atoms with van der Waals surface area (Å²) >= 11 is 1.87. The normalized spacial score (nSPS) is 16.1. The van der Waals surface area contributed by atoms with Crippen LogP contribution in [0.15, 0.2) is 29.6 Å². The number of nitrogens with zero attached hydrogens (tertiary/aromatic N) is 1. The fourth-order valence-corrected chi connectivity index (χ4v) is 3.22. The monoisotopic (exact) mass is 231 g/mol. The van der Waals surface area contributed by atoms with Crippen LogP contribution in [-0.2, 0) is 6.42 Å². The Bertz CT molecular complexity index is 484. The third kappa shape index (κ3) is 2.00. The lowest BCUT2D eigenvalue weighted by atomic mass is 10.1. The van der Waals surface area contributed by atoms with Crippen molar-refractivity contribution in [2.24, 2.45) is 0 Å². The van der Waals surface area contributed by atoms with E-state index in [1.165, 1.54) is 41.5 Å². The summed E-state index contributed by atoms with van der Waals surface area (Å²) in [5.74, 6) is 0. The van der Waals surface area contributed by atoms with Crippen molar-refractivity contribution in [1.82, 2.24) is 4.90 Å². The predicted octanol–water partition coefficient (Wildman–Crippen LogP) is 3.54. The molecule has 0 bridgehead atoms. The van der Waals surface area contributed by atoms with Crippen molar-refractivity contribution in [2.45, 2.75) is 25.3 Å². The SMILES string of the molecule is CN(CCc1csc2ccccc12)C1CC1. The molecule has 0 atom stereocenters. The van der Waals surface area contributed by atoms with E-state index in [-0.39, 0.29) is 0 Å². The van der Waals surface area contributed by atoms with E-state index < -0.39 is 0 Å². The van der Waals surface area contributed by atoms with Gasteiger partial charge in [0, 0.05) is 17.3 Å². The van der Waals surface area contributed by atoms with Gasteiger partial charge in [-0.25, -0.2) is 0 Å². The third-order valence-electron chi connectivity index (χ3n) is 3.47. The van der Waals surface area contributed by atoms with Crippen LogP contribution in [0.25, 0.3) is 10.1 Å². The summed E-state index contributed by atoms with van der Waals surface area (Å²) in [6.45, 7) is 1.20. The Labute approximate surface area is 101 Å². The van der Waals surface area contributed by atoms with Crippen LogP contribution in [0.3, 0.4) is 0 Å². The number of rotatable bonds is 4. The molecule has 2 aromatic rings. The minimum atomic E-state index is 0.880. The van der Waals surface area contributed by atoms with Gasteiger partial charge >= 0.3 is 0 Å². The fourth-order valence-electron chi connectivity index (χ4n) is 2.22. The highest BCUT2D eigenvalue weighted by Crippen LogP contribution is 2.28.